The molecule has 0 aromatic heterocycles. The molecule has 3 rings (SSSR count). The van der Waals surface area contributed by atoms with E-state index in [1.807, 2.05) is 13.8 Å². The van der Waals surface area contributed by atoms with Crippen LogP contribution in [0.2, 0.25) is 5.02 Å². The Morgan fingerprint density at radius 2 is 1.69 bits per heavy atom. The van der Waals surface area contributed by atoms with Gasteiger partial charge in [0.15, 0.2) is 0 Å². The first-order valence-electron chi connectivity index (χ1n) is 10.1. The number of benzene rings is 2. The van der Waals surface area contributed by atoms with Crippen molar-refractivity contribution >= 4 is 39.1 Å². The molecule has 2 aromatic carbocycles. The van der Waals surface area contributed by atoms with Crippen LogP contribution in [0, 0.1) is 0 Å². The van der Waals surface area contributed by atoms with E-state index in [2.05, 4.69) is 5.32 Å². The van der Waals surface area contributed by atoms with Crippen LogP contribution in [0.3, 0.4) is 0 Å². The van der Waals surface area contributed by atoms with Crippen molar-refractivity contribution < 1.29 is 22.7 Å². The number of carbonyl (C=O) groups excluding carboxylic acids is 2. The number of nitrogens with one attached hydrogen (secondary N) is 1. The minimum atomic E-state index is -3.75. The molecule has 1 N–H and O–H groups in total. The summed E-state index contributed by atoms with van der Waals surface area (Å²) in [5.41, 5.74) is 0.632. The molecule has 1 saturated heterocycles. The third-order valence-electron chi connectivity index (χ3n) is 5.07. The van der Waals surface area contributed by atoms with E-state index in [1.165, 1.54) is 32.3 Å². The minimum absolute atomic E-state index is 0.00883. The van der Waals surface area contributed by atoms with E-state index in [4.69, 9.17) is 16.3 Å². The van der Waals surface area contributed by atoms with Gasteiger partial charge < -0.3 is 15.0 Å². The summed E-state index contributed by atoms with van der Waals surface area (Å²) in [5.74, 6) is -0.840. The Kier molecular flexibility index (Phi) is 7.24. The molecule has 0 aliphatic carbocycles. The van der Waals surface area contributed by atoms with Gasteiger partial charge in [0, 0.05) is 27.2 Å². The van der Waals surface area contributed by atoms with E-state index < -0.39 is 15.9 Å². The Hall–Kier alpha value is -2.46. The average Bonchev–Trinajstić information content (AvgIpc) is 2.73. The fourth-order valence-corrected chi connectivity index (χ4v) is 4.66. The lowest BCUT2D eigenvalue weighted by molar-refractivity contribution is -0.0585. The van der Waals surface area contributed by atoms with Crippen LogP contribution in [0.4, 0.5) is 5.69 Å². The number of hydrogen-bond acceptors (Lipinski definition) is 5. The quantitative estimate of drug-likeness (QED) is 0.710. The largest absolute Gasteiger partial charge is 0.372 e. The summed E-state index contributed by atoms with van der Waals surface area (Å²) in [6.45, 7) is 4.70. The highest BCUT2D eigenvalue weighted by molar-refractivity contribution is 7.89. The summed E-state index contributed by atoms with van der Waals surface area (Å²) in [7, 11) is -0.944. The lowest BCUT2D eigenvalue weighted by atomic mass is 10.1. The molecule has 0 unspecified atom stereocenters. The van der Waals surface area contributed by atoms with Gasteiger partial charge in [0.25, 0.3) is 11.8 Å². The Morgan fingerprint density at radius 3 is 2.31 bits per heavy atom. The van der Waals surface area contributed by atoms with Crippen molar-refractivity contribution in [3.63, 3.8) is 0 Å². The summed E-state index contributed by atoms with van der Waals surface area (Å²) in [6.07, 6.45) is -0.186. The third-order valence-corrected chi connectivity index (χ3v) is 7.21. The van der Waals surface area contributed by atoms with Gasteiger partial charge in [-0.3, -0.25) is 9.59 Å². The van der Waals surface area contributed by atoms with E-state index in [1.54, 1.807) is 29.2 Å². The monoisotopic (exact) mass is 479 g/mol. The van der Waals surface area contributed by atoms with Crippen LogP contribution in [0.15, 0.2) is 47.4 Å². The molecular weight excluding hydrogens is 454 g/mol. The normalized spacial score (nSPS) is 19.1. The van der Waals surface area contributed by atoms with Gasteiger partial charge in [-0.05, 0) is 44.2 Å². The smallest absolute Gasteiger partial charge is 0.257 e. The summed E-state index contributed by atoms with van der Waals surface area (Å²) < 4.78 is 31.6. The first-order valence-corrected chi connectivity index (χ1v) is 11.9. The predicted octanol–water partition coefficient (Wildman–Crippen LogP) is 3.09. The second kappa shape index (κ2) is 9.58. The highest BCUT2D eigenvalue weighted by atomic mass is 35.5. The number of para-hydroxylation sites is 1. The molecule has 2 atom stereocenters. The van der Waals surface area contributed by atoms with E-state index in [0.29, 0.717) is 24.3 Å². The number of amides is 2. The van der Waals surface area contributed by atoms with Gasteiger partial charge in [-0.25, -0.2) is 12.7 Å². The van der Waals surface area contributed by atoms with Crippen molar-refractivity contribution in [3.8, 4) is 0 Å². The maximum absolute atomic E-state index is 13.2. The Bertz CT molecular complexity index is 1130. The number of nitrogens with zero attached hydrogens (tertiary/aromatic N) is 2. The summed E-state index contributed by atoms with van der Waals surface area (Å²) in [5, 5.41) is 2.80. The number of ether oxygens (including phenoxy) is 1. The highest BCUT2D eigenvalue weighted by Crippen LogP contribution is 2.25. The van der Waals surface area contributed by atoms with Crippen LogP contribution >= 0.6 is 11.6 Å². The average molecular weight is 480 g/mol. The summed E-state index contributed by atoms with van der Waals surface area (Å²) >= 11 is 6.18. The molecule has 172 valence electrons. The van der Waals surface area contributed by atoms with Crippen molar-refractivity contribution in [3.05, 3.63) is 58.6 Å². The minimum Gasteiger partial charge on any atom is -0.372 e. The van der Waals surface area contributed by atoms with Gasteiger partial charge >= 0.3 is 0 Å². The van der Waals surface area contributed by atoms with E-state index in [9.17, 15) is 18.0 Å². The topological polar surface area (TPSA) is 96.0 Å². The van der Waals surface area contributed by atoms with Crippen LogP contribution in [-0.2, 0) is 14.8 Å². The van der Waals surface area contributed by atoms with Crippen molar-refractivity contribution in [1.29, 1.82) is 0 Å². The molecule has 0 radical (unpaired) electrons. The van der Waals surface area contributed by atoms with Crippen molar-refractivity contribution in [2.24, 2.45) is 0 Å². The number of sulfonamides is 1. The number of anilines is 1. The van der Waals surface area contributed by atoms with E-state index in [0.717, 1.165) is 4.31 Å². The second-order valence-corrected chi connectivity index (χ2v) is 10.5. The van der Waals surface area contributed by atoms with E-state index in [-0.39, 0.29) is 33.6 Å². The molecule has 10 heteroatoms. The molecular formula is C22H26ClN3O5S. The number of halogens is 1. The lowest BCUT2D eigenvalue weighted by Crippen LogP contribution is -2.48. The van der Waals surface area contributed by atoms with Gasteiger partial charge in [-0.2, -0.15) is 0 Å². The van der Waals surface area contributed by atoms with Crippen LogP contribution in [0.25, 0.3) is 0 Å². The van der Waals surface area contributed by atoms with Gasteiger partial charge in [0.2, 0.25) is 10.0 Å². The summed E-state index contributed by atoms with van der Waals surface area (Å²) in [4.78, 5) is 27.8. The number of carbonyl (C=O) groups is 2. The van der Waals surface area contributed by atoms with Gasteiger partial charge in [0.05, 0.1) is 38.9 Å². The summed E-state index contributed by atoms with van der Waals surface area (Å²) in [6, 6.07) is 10.6. The predicted molar refractivity (Wildman–Crippen MR) is 123 cm³/mol. The van der Waals surface area contributed by atoms with Crippen molar-refractivity contribution in [2.45, 2.75) is 31.0 Å². The third kappa shape index (κ3) is 5.12. The van der Waals surface area contributed by atoms with Crippen LogP contribution in [-0.4, -0.2) is 68.8 Å². The van der Waals surface area contributed by atoms with Crippen molar-refractivity contribution in [1.82, 2.24) is 9.21 Å². The number of hydrogen-bond donors (Lipinski definition) is 1. The number of morpholine rings is 1. The first kappa shape index (κ1) is 24.2. The van der Waals surface area contributed by atoms with Crippen LogP contribution < -0.4 is 5.32 Å². The maximum atomic E-state index is 13.2. The molecule has 32 heavy (non-hydrogen) atoms. The molecule has 1 fully saturated rings. The maximum Gasteiger partial charge on any atom is 0.257 e. The molecule has 8 nitrogen and oxygen atoms in total. The Morgan fingerprint density at radius 1 is 1.06 bits per heavy atom. The Balaban J connectivity index is 1.89. The molecule has 2 amide bonds. The zero-order chi connectivity index (χ0) is 23.6. The van der Waals surface area contributed by atoms with E-state index >= 15 is 0 Å². The van der Waals surface area contributed by atoms with Gasteiger partial charge in [-0.1, -0.05) is 23.7 Å². The first-order chi connectivity index (χ1) is 15.0. The lowest BCUT2D eigenvalue weighted by Gasteiger charge is -2.35. The molecule has 0 saturated carbocycles. The molecule has 0 bridgehead atoms. The van der Waals surface area contributed by atoms with Gasteiger partial charge in [-0.15, -0.1) is 0 Å². The fraction of sp³-hybridized carbons (Fsp3) is 0.364. The van der Waals surface area contributed by atoms with Gasteiger partial charge in [0.1, 0.15) is 0 Å². The second-order valence-electron chi connectivity index (χ2n) is 7.90. The Labute approximate surface area is 193 Å². The molecule has 2 aromatic rings. The highest BCUT2D eigenvalue weighted by Gasteiger charge is 2.28. The molecule has 1 aliphatic rings. The number of rotatable bonds is 5. The van der Waals surface area contributed by atoms with Crippen LogP contribution in [0.5, 0.6) is 0 Å². The SMILES string of the molecule is C[C@@H]1CN(C(=O)c2ccccc2NC(=O)c2cc(S(=O)(=O)N(C)C)ccc2Cl)C[C@H](C)O1. The van der Waals surface area contributed by atoms with Crippen molar-refractivity contribution in [2.75, 3.05) is 32.5 Å². The molecule has 1 aliphatic heterocycles. The standard InChI is InChI=1S/C22H26ClN3O5S/c1-14-12-26(13-15(2)31-14)22(28)17-7-5-6-8-20(17)24-21(27)18-11-16(9-10-19(18)23)32(29,30)25(3)4/h5-11,14-15H,12-13H2,1-4H3,(H,24,27)/t14-,15+. The zero-order valence-corrected chi connectivity index (χ0v) is 19.9. The molecule has 1 heterocycles. The van der Waals surface area contributed by atoms with Crippen LogP contribution in [0.1, 0.15) is 34.6 Å². The zero-order valence-electron chi connectivity index (χ0n) is 18.3. The molecule has 0 spiro atoms. The fourth-order valence-electron chi connectivity index (χ4n) is 3.53.